The number of nitrogen functional groups attached to an aromatic ring is 1. The van der Waals surface area contributed by atoms with Crippen molar-refractivity contribution in [2.45, 2.75) is 42.7 Å². The van der Waals surface area contributed by atoms with Gasteiger partial charge in [0, 0.05) is 30.0 Å². The fraction of sp³-hybridized carbons (Fsp3) is 0.421. The van der Waals surface area contributed by atoms with E-state index in [-0.39, 0.29) is 25.3 Å². The van der Waals surface area contributed by atoms with Crippen LogP contribution < -0.4 is 5.73 Å². The average molecular weight is 465 g/mol. The highest BCUT2D eigenvalue weighted by Gasteiger charge is 2.50. The summed E-state index contributed by atoms with van der Waals surface area (Å²) in [4.78, 5) is 12.2. The van der Waals surface area contributed by atoms with E-state index in [0.29, 0.717) is 23.4 Å². The van der Waals surface area contributed by atoms with Gasteiger partial charge in [0.15, 0.2) is 0 Å². The third-order valence-electron chi connectivity index (χ3n) is 5.57. The third-order valence-corrected chi connectivity index (χ3v) is 8.66. The molecule has 2 atom stereocenters. The summed E-state index contributed by atoms with van der Waals surface area (Å²) < 4.78 is 27.9. The molecule has 0 radical (unpaired) electrons. The molecule has 3 heterocycles. The van der Waals surface area contributed by atoms with E-state index >= 15 is 0 Å². The van der Waals surface area contributed by atoms with Crippen LogP contribution in [-0.2, 0) is 20.8 Å². The number of rotatable bonds is 7. The number of hydrogen-bond acceptors (Lipinski definition) is 7. The number of β-lactam (4-membered cyclic amide) rings is 1. The molecule has 2 aliphatic heterocycles. The maximum absolute atomic E-state index is 12.9. The summed E-state index contributed by atoms with van der Waals surface area (Å²) in [5.74, 6) is 0.200. The van der Waals surface area contributed by atoms with E-state index < -0.39 is 28.3 Å². The Morgan fingerprint density at radius 3 is 2.68 bits per heavy atom. The zero-order valence-corrected chi connectivity index (χ0v) is 18.5. The van der Waals surface area contributed by atoms with Gasteiger partial charge in [-0.15, -0.1) is 0 Å². The van der Waals surface area contributed by atoms with Gasteiger partial charge in [-0.05, 0) is 18.9 Å². The lowest BCUT2D eigenvalue weighted by Crippen LogP contribution is -2.55. The van der Waals surface area contributed by atoms with E-state index in [1.165, 1.54) is 11.8 Å². The number of aliphatic hydroxyl groups is 1. The summed E-state index contributed by atoms with van der Waals surface area (Å²) in [6.07, 6.45) is -0.246. The number of aromatic amines is 1. The third kappa shape index (κ3) is 4.07. The van der Waals surface area contributed by atoms with Crippen molar-refractivity contribution in [3.63, 3.8) is 0 Å². The molecule has 1 aromatic carbocycles. The SMILES string of the molecule is Cc1c(SCc2ccc(C(=N)N)cc2)n[nH]c1C1CC(=O)N1S(=O)(=O)N1CCC(O)C1. The van der Waals surface area contributed by atoms with Crippen molar-refractivity contribution in [2.24, 2.45) is 5.73 Å². The molecule has 2 aromatic rings. The molecule has 2 unspecified atom stereocenters. The normalized spacial score (nSPS) is 22.0. The molecule has 166 valence electrons. The number of amides is 1. The fourth-order valence-corrected chi connectivity index (χ4v) is 6.46. The van der Waals surface area contributed by atoms with Gasteiger partial charge in [0.05, 0.1) is 24.3 Å². The highest BCUT2D eigenvalue weighted by atomic mass is 32.2. The number of H-pyrrole nitrogens is 1. The van der Waals surface area contributed by atoms with Gasteiger partial charge in [-0.2, -0.15) is 17.8 Å². The average Bonchev–Trinajstić information content (AvgIpc) is 3.30. The van der Waals surface area contributed by atoms with Crippen molar-refractivity contribution >= 4 is 33.7 Å². The minimum Gasteiger partial charge on any atom is -0.392 e. The Hall–Kier alpha value is -2.41. The molecule has 12 heteroatoms. The van der Waals surface area contributed by atoms with Gasteiger partial charge in [0.25, 0.3) is 0 Å². The number of carbonyl (C=O) groups excluding carboxylic acids is 1. The summed E-state index contributed by atoms with van der Waals surface area (Å²) in [6, 6.07) is 6.76. The van der Waals surface area contributed by atoms with Crippen molar-refractivity contribution < 1.29 is 18.3 Å². The van der Waals surface area contributed by atoms with E-state index in [4.69, 9.17) is 11.1 Å². The van der Waals surface area contributed by atoms with E-state index in [1.54, 1.807) is 12.1 Å². The van der Waals surface area contributed by atoms with Gasteiger partial charge < -0.3 is 10.8 Å². The van der Waals surface area contributed by atoms with Crippen molar-refractivity contribution in [3.8, 4) is 0 Å². The molecule has 0 saturated carbocycles. The second-order valence-electron chi connectivity index (χ2n) is 7.68. The zero-order chi connectivity index (χ0) is 22.3. The molecule has 10 nitrogen and oxygen atoms in total. The monoisotopic (exact) mass is 464 g/mol. The number of nitrogens with two attached hydrogens (primary N) is 1. The molecule has 31 heavy (non-hydrogen) atoms. The van der Waals surface area contributed by atoms with Crippen molar-refractivity contribution in [1.29, 1.82) is 5.41 Å². The summed E-state index contributed by atoms with van der Waals surface area (Å²) in [7, 11) is -3.98. The Morgan fingerprint density at radius 2 is 2.10 bits per heavy atom. The molecule has 0 aliphatic carbocycles. The van der Waals surface area contributed by atoms with Crippen molar-refractivity contribution in [1.82, 2.24) is 18.8 Å². The number of amidine groups is 1. The second-order valence-corrected chi connectivity index (χ2v) is 10.5. The lowest BCUT2D eigenvalue weighted by molar-refractivity contribution is -0.138. The van der Waals surface area contributed by atoms with Crippen LogP contribution in [0.4, 0.5) is 0 Å². The Labute approximate surface area is 184 Å². The first kappa shape index (κ1) is 21.8. The maximum Gasteiger partial charge on any atom is 0.307 e. The van der Waals surface area contributed by atoms with Gasteiger partial charge in [0.2, 0.25) is 5.91 Å². The fourth-order valence-electron chi connectivity index (χ4n) is 3.74. The van der Waals surface area contributed by atoms with Gasteiger partial charge in [-0.1, -0.05) is 36.0 Å². The summed E-state index contributed by atoms with van der Waals surface area (Å²) in [5.41, 5.74) is 8.59. The first-order valence-electron chi connectivity index (χ1n) is 9.80. The summed E-state index contributed by atoms with van der Waals surface area (Å²) >= 11 is 1.50. The van der Waals surface area contributed by atoms with Crippen LogP contribution in [0.2, 0.25) is 0 Å². The molecule has 0 spiro atoms. The van der Waals surface area contributed by atoms with Gasteiger partial charge in [0.1, 0.15) is 10.9 Å². The largest absolute Gasteiger partial charge is 0.392 e. The van der Waals surface area contributed by atoms with Crippen LogP contribution in [0.5, 0.6) is 0 Å². The summed E-state index contributed by atoms with van der Waals surface area (Å²) in [5, 5.41) is 25.1. The number of carbonyl (C=O) groups is 1. The molecular formula is C19H24N6O4S2. The number of aliphatic hydroxyl groups excluding tert-OH is 1. The molecule has 0 bridgehead atoms. The number of aromatic nitrogens is 2. The molecule has 2 saturated heterocycles. The second kappa shape index (κ2) is 8.26. The molecule has 1 aromatic heterocycles. The highest BCUT2D eigenvalue weighted by Crippen LogP contribution is 2.41. The molecular weight excluding hydrogens is 440 g/mol. The first-order valence-corrected chi connectivity index (χ1v) is 12.2. The number of benzene rings is 1. The van der Waals surface area contributed by atoms with Crippen molar-refractivity contribution in [3.05, 3.63) is 46.6 Å². The lowest BCUT2D eigenvalue weighted by Gasteiger charge is -2.40. The molecule has 2 aliphatic rings. The Morgan fingerprint density at radius 1 is 1.39 bits per heavy atom. The molecule has 1 amide bonds. The standard InChI is InChI=1S/C19H24N6O4S2/c1-11-17(15-8-16(27)25(15)31(28,29)24-7-6-14(26)9-24)22-23-19(11)30-10-12-2-4-13(5-3-12)18(20)21/h2-5,14-15,26H,6-10H2,1H3,(H3,20,21)(H,22,23). The Balaban J connectivity index is 1.47. The summed E-state index contributed by atoms with van der Waals surface area (Å²) in [6.45, 7) is 2.06. The predicted molar refractivity (Wildman–Crippen MR) is 116 cm³/mol. The van der Waals surface area contributed by atoms with E-state index in [9.17, 15) is 18.3 Å². The van der Waals surface area contributed by atoms with E-state index in [0.717, 1.165) is 24.8 Å². The van der Waals surface area contributed by atoms with Crippen LogP contribution in [0.25, 0.3) is 0 Å². The highest BCUT2D eigenvalue weighted by molar-refractivity contribution is 7.98. The Bertz CT molecular complexity index is 1110. The number of nitrogens with zero attached hydrogens (tertiary/aromatic N) is 3. The van der Waals surface area contributed by atoms with Gasteiger partial charge in [-0.25, -0.2) is 4.31 Å². The minimum absolute atomic E-state index is 0.00428. The van der Waals surface area contributed by atoms with Crippen LogP contribution in [0.15, 0.2) is 29.3 Å². The van der Waals surface area contributed by atoms with Gasteiger partial charge in [-0.3, -0.25) is 15.3 Å². The zero-order valence-electron chi connectivity index (χ0n) is 16.9. The first-order chi connectivity index (χ1) is 14.7. The van der Waals surface area contributed by atoms with Gasteiger partial charge >= 0.3 is 10.2 Å². The van der Waals surface area contributed by atoms with Crippen LogP contribution >= 0.6 is 11.8 Å². The van der Waals surface area contributed by atoms with E-state index in [2.05, 4.69) is 10.2 Å². The molecule has 4 rings (SSSR count). The van der Waals surface area contributed by atoms with E-state index in [1.807, 2.05) is 19.1 Å². The van der Waals surface area contributed by atoms with Crippen LogP contribution in [0.3, 0.4) is 0 Å². The lowest BCUT2D eigenvalue weighted by atomic mass is 10.0. The van der Waals surface area contributed by atoms with Crippen molar-refractivity contribution in [2.75, 3.05) is 13.1 Å². The smallest absolute Gasteiger partial charge is 0.307 e. The quantitative estimate of drug-likeness (QED) is 0.205. The number of β-amino-alcohol motifs (C(OH)–C–C–N with tert-alkyl or cyclic N) is 1. The van der Waals surface area contributed by atoms with Crippen LogP contribution in [0.1, 0.15) is 41.3 Å². The topological polar surface area (TPSA) is 156 Å². The molecule has 5 N–H and O–H groups in total. The predicted octanol–water partition coefficient (Wildman–Crippen LogP) is 0.879. The Kier molecular flexibility index (Phi) is 5.81. The van der Waals surface area contributed by atoms with Crippen LogP contribution in [-0.4, -0.2) is 63.3 Å². The number of nitrogens with one attached hydrogen (secondary N) is 2. The minimum atomic E-state index is -3.98. The number of thioether (sulfide) groups is 1. The maximum atomic E-state index is 12.9. The number of hydrogen-bond donors (Lipinski definition) is 4. The molecule has 2 fully saturated rings. The van der Waals surface area contributed by atoms with Crippen LogP contribution in [0, 0.1) is 12.3 Å².